The summed E-state index contributed by atoms with van der Waals surface area (Å²) in [5.41, 5.74) is 14.3. The summed E-state index contributed by atoms with van der Waals surface area (Å²) in [7, 11) is 3.02. The summed E-state index contributed by atoms with van der Waals surface area (Å²) in [4.78, 5) is 26.5. The van der Waals surface area contributed by atoms with Crippen LogP contribution >= 0.6 is 47.5 Å². The van der Waals surface area contributed by atoms with Crippen LogP contribution in [0.4, 0.5) is 11.5 Å². The lowest BCUT2D eigenvalue weighted by Crippen LogP contribution is -2.34. The van der Waals surface area contributed by atoms with Gasteiger partial charge in [0.05, 0.1) is 21.2 Å². The Labute approximate surface area is 262 Å². The van der Waals surface area contributed by atoms with E-state index in [1.165, 1.54) is 29.6 Å². The molecule has 0 unspecified atom stereocenters. The molecule has 41 heavy (non-hydrogen) atoms. The van der Waals surface area contributed by atoms with Crippen molar-refractivity contribution in [1.29, 1.82) is 0 Å². The fraction of sp³-hybridized carbons (Fsp3) is 0.357. The van der Waals surface area contributed by atoms with Gasteiger partial charge in [-0.15, -0.1) is 0 Å². The number of nitrogens with one attached hydrogen (secondary N) is 3. The number of para-hydroxylation sites is 1. The van der Waals surface area contributed by atoms with E-state index < -0.39 is 5.91 Å². The molecule has 0 saturated carbocycles. The number of thiocarbonyl (C=S) groups is 1. The van der Waals surface area contributed by atoms with E-state index in [1.807, 2.05) is 58.2 Å². The number of primary amides is 1. The smallest absolute Gasteiger partial charge is 0.250 e. The van der Waals surface area contributed by atoms with E-state index in [1.54, 1.807) is 11.9 Å². The van der Waals surface area contributed by atoms with Crippen LogP contribution in [0.25, 0.3) is 0 Å². The molecule has 226 valence electrons. The summed E-state index contributed by atoms with van der Waals surface area (Å²) in [5, 5.41) is 11.1. The standard InChI is InChI=1S/C21H25ClN6OS2.C4H6OS.C2H6.CH4O/c1-5-8-13(2)14(3)28(4)31-18-10-7-6-9-17(18)25-21(30)27-26-20-16(22)11-15(12-24-20)19(23)29;5-4-2-1-3-6-4;2*1-2/h5-12H,1-4H3,(H2,23,29)(H,24,26)(H2,25,27,30);1-3H2;1-2H3;2H,1H3/b8-5-,14-13+;;;. The number of rotatable bonds is 8. The molecule has 1 aromatic heterocycles. The van der Waals surface area contributed by atoms with E-state index in [0.717, 1.165) is 42.0 Å². The molecule has 1 saturated heterocycles. The number of nitrogens with two attached hydrogens (primary N) is 1. The number of thioether (sulfide) groups is 1. The number of hydrazine groups is 1. The first-order valence-electron chi connectivity index (χ1n) is 12.8. The molecule has 6 N–H and O–H groups in total. The van der Waals surface area contributed by atoms with Crippen LogP contribution in [0.3, 0.4) is 0 Å². The number of nitrogens with zero attached hydrogens (tertiary/aromatic N) is 2. The van der Waals surface area contributed by atoms with Crippen molar-refractivity contribution >= 4 is 75.2 Å². The second kappa shape index (κ2) is 21.9. The molecular weight excluding hydrogens is 600 g/mol. The summed E-state index contributed by atoms with van der Waals surface area (Å²) in [5.74, 6) is 0.772. The Hall–Kier alpha value is -2.77. The molecule has 2 aromatic rings. The monoisotopic (exact) mass is 640 g/mol. The molecule has 1 aliphatic rings. The van der Waals surface area contributed by atoms with Gasteiger partial charge in [0.15, 0.2) is 16.0 Å². The predicted molar refractivity (Wildman–Crippen MR) is 180 cm³/mol. The van der Waals surface area contributed by atoms with Gasteiger partial charge < -0.3 is 20.5 Å². The number of carbonyl (C=O) groups is 2. The highest BCUT2D eigenvalue weighted by atomic mass is 35.5. The van der Waals surface area contributed by atoms with E-state index >= 15 is 0 Å². The number of hydrogen-bond acceptors (Lipinski definition) is 9. The SMILES string of the molecule is C/C=C\C(C)=C(/C)N(C)Sc1ccccc1NC(=S)NNc1ncc(C(N)=O)cc1Cl.CC.CO.O=C1CCCS1. The Bertz CT molecular complexity index is 1190. The lowest BCUT2D eigenvalue weighted by atomic mass is 10.2. The maximum atomic E-state index is 11.2. The van der Waals surface area contributed by atoms with Gasteiger partial charge in [-0.05, 0) is 75.1 Å². The molecule has 0 aliphatic carbocycles. The van der Waals surface area contributed by atoms with Gasteiger partial charge in [-0.3, -0.25) is 20.4 Å². The Balaban J connectivity index is 0.00000137. The van der Waals surface area contributed by atoms with Gasteiger partial charge in [-0.1, -0.05) is 61.5 Å². The van der Waals surface area contributed by atoms with Crippen LogP contribution in [0, 0.1) is 0 Å². The van der Waals surface area contributed by atoms with Crippen LogP contribution in [-0.2, 0) is 4.79 Å². The van der Waals surface area contributed by atoms with Gasteiger partial charge in [0.2, 0.25) is 5.91 Å². The minimum Gasteiger partial charge on any atom is -0.400 e. The third kappa shape index (κ3) is 14.6. The number of pyridine rings is 1. The molecule has 1 aromatic carbocycles. The Morgan fingerprint density at radius 2 is 1.93 bits per heavy atom. The van der Waals surface area contributed by atoms with Gasteiger partial charge in [0, 0.05) is 38.2 Å². The van der Waals surface area contributed by atoms with Crippen molar-refractivity contribution in [3.8, 4) is 0 Å². The van der Waals surface area contributed by atoms with Crippen molar-refractivity contribution in [3.05, 3.63) is 70.5 Å². The second-order valence-corrected chi connectivity index (χ2v) is 10.9. The molecule has 0 bridgehead atoms. The molecule has 1 fully saturated rings. The predicted octanol–water partition coefficient (Wildman–Crippen LogP) is 6.63. The Morgan fingerprint density at radius 1 is 1.27 bits per heavy atom. The van der Waals surface area contributed by atoms with Crippen molar-refractivity contribution in [1.82, 2.24) is 14.7 Å². The number of carbonyl (C=O) groups excluding carboxylic acids is 2. The molecule has 0 atom stereocenters. The van der Waals surface area contributed by atoms with Gasteiger partial charge in [-0.25, -0.2) is 4.98 Å². The first-order chi connectivity index (χ1) is 19.6. The third-order valence-corrected chi connectivity index (χ3v) is 7.65. The van der Waals surface area contributed by atoms with Crippen molar-refractivity contribution in [2.45, 2.75) is 52.4 Å². The Kier molecular flexibility index (Phi) is 20.4. The van der Waals surface area contributed by atoms with E-state index in [2.05, 4.69) is 45.4 Å². The lowest BCUT2D eigenvalue weighted by molar-refractivity contribution is -0.110. The lowest BCUT2D eigenvalue weighted by Gasteiger charge is -2.22. The fourth-order valence-electron chi connectivity index (χ4n) is 2.89. The van der Waals surface area contributed by atoms with E-state index in [9.17, 15) is 9.59 Å². The number of anilines is 2. The number of hydrogen-bond donors (Lipinski definition) is 5. The molecule has 2 heterocycles. The van der Waals surface area contributed by atoms with Gasteiger partial charge in [0.25, 0.3) is 0 Å². The van der Waals surface area contributed by atoms with Crippen LogP contribution in [0.15, 0.2) is 64.8 Å². The summed E-state index contributed by atoms with van der Waals surface area (Å²) in [6.45, 7) is 10.2. The van der Waals surface area contributed by atoms with Crippen LogP contribution in [0.2, 0.25) is 5.02 Å². The second-order valence-electron chi connectivity index (χ2n) is 7.80. The highest BCUT2D eigenvalue weighted by Crippen LogP contribution is 2.32. The number of amides is 1. The topological polar surface area (TPSA) is 133 Å². The number of aliphatic hydroxyl groups excluding tert-OH is 1. The van der Waals surface area contributed by atoms with Crippen molar-refractivity contribution < 1.29 is 14.7 Å². The Morgan fingerprint density at radius 3 is 2.44 bits per heavy atom. The highest BCUT2D eigenvalue weighted by molar-refractivity contribution is 8.14. The average Bonchev–Trinajstić information content (AvgIpc) is 3.46. The summed E-state index contributed by atoms with van der Waals surface area (Å²) < 4.78 is 2.11. The van der Waals surface area contributed by atoms with Crippen molar-refractivity contribution in [2.24, 2.45) is 5.73 Å². The first-order valence-corrected chi connectivity index (χ1v) is 15.4. The van der Waals surface area contributed by atoms with Gasteiger partial charge >= 0.3 is 0 Å². The summed E-state index contributed by atoms with van der Waals surface area (Å²) in [6.07, 6.45) is 7.35. The van der Waals surface area contributed by atoms with Gasteiger partial charge in [-0.2, -0.15) is 0 Å². The molecule has 3 rings (SSSR count). The van der Waals surface area contributed by atoms with Crippen LogP contribution < -0.4 is 21.9 Å². The molecule has 13 heteroatoms. The highest BCUT2D eigenvalue weighted by Gasteiger charge is 2.11. The minimum atomic E-state index is -0.601. The molecule has 1 aliphatic heterocycles. The number of aliphatic hydroxyl groups is 1. The quantitative estimate of drug-likeness (QED) is 0.0921. The number of benzene rings is 1. The third-order valence-electron chi connectivity index (χ3n) is 5.04. The zero-order chi connectivity index (χ0) is 31.4. The van der Waals surface area contributed by atoms with Gasteiger partial charge in [0.1, 0.15) is 0 Å². The molecule has 0 radical (unpaired) electrons. The zero-order valence-corrected chi connectivity index (χ0v) is 27.8. The summed E-state index contributed by atoms with van der Waals surface area (Å²) in [6, 6.07) is 9.29. The van der Waals surface area contributed by atoms with Crippen LogP contribution in [-0.4, -0.2) is 50.4 Å². The van der Waals surface area contributed by atoms with Crippen LogP contribution in [0.1, 0.15) is 57.8 Å². The molecular formula is C28H41ClN6O3S3. The minimum absolute atomic E-state index is 0.223. The first kappa shape index (κ1) is 38.2. The number of halogens is 1. The molecule has 9 nitrogen and oxygen atoms in total. The van der Waals surface area contributed by atoms with Crippen LogP contribution in [0.5, 0.6) is 0 Å². The summed E-state index contributed by atoms with van der Waals surface area (Å²) >= 11 is 14.5. The van der Waals surface area contributed by atoms with E-state index in [0.29, 0.717) is 16.0 Å². The fourth-order valence-corrected chi connectivity index (χ4v) is 5.01. The van der Waals surface area contributed by atoms with E-state index in [4.69, 9.17) is 34.7 Å². The maximum Gasteiger partial charge on any atom is 0.250 e. The van der Waals surface area contributed by atoms with E-state index in [-0.39, 0.29) is 10.6 Å². The average molecular weight is 641 g/mol. The maximum absolute atomic E-state index is 11.2. The number of allylic oxidation sites excluding steroid dienone is 4. The number of aromatic nitrogens is 1. The normalized spacial score (nSPS) is 12.4. The largest absolute Gasteiger partial charge is 0.400 e. The zero-order valence-electron chi connectivity index (χ0n) is 24.6. The van der Waals surface area contributed by atoms with Crippen molar-refractivity contribution in [2.75, 3.05) is 30.7 Å². The van der Waals surface area contributed by atoms with Crippen molar-refractivity contribution in [3.63, 3.8) is 0 Å². The molecule has 1 amide bonds. The molecule has 0 spiro atoms.